The molecule has 1 N–H and O–H groups in total. The van der Waals surface area contributed by atoms with E-state index in [2.05, 4.69) is 10.1 Å². The summed E-state index contributed by atoms with van der Waals surface area (Å²) in [4.78, 5) is 4.60. The molecule has 0 amide bonds. The van der Waals surface area contributed by atoms with Crippen LogP contribution >= 0.6 is 0 Å². The van der Waals surface area contributed by atoms with Crippen molar-refractivity contribution in [3.8, 4) is 5.75 Å². The van der Waals surface area contributed by atoms with Gasteiger partial charge in [-0.05, 0) is 30.5 Å². The van der Waals surface area contributed by atoms with Crippen LogP contribution in [0.25, 0.3) is 0 Å². The first-order valence-electron chi connectivity index (χ1n) is 6.97. The van der Waals surface area contributed by atoms with Crippen LogP contribution in [-0.4, -0.2) is 33.6 Å². The van der Waals surface area contributed by atoms with Crippen molar-refractivity contribution >= 4 is 0 Å². The fourth-order valence-electron chi connectivity index (χ4n) is 2.66. The van der Waals surface area contributed by atoms with E-state index in [1.165, 1.54) is 0 Å². The summed E-state index contributed by atoms with van der Waals surface area (Å²) in [6.45, 7) is 1.06. The predicted octanol–water partition coefficient (Wildman–Crippen LogP) is 1.75. The van der Waals surface area contributed by atoms with Gasteiger partial charge in [-0.25, -0.2) is 9.67 Å². The summed E-state index contributed by atoms with van der Waals surface area (Å²) in [6.07, 6.45) is 2.77. The van der Waals surface area contributed by atoms with Crippen LogP contribution in [0.3, 0.4) is 0 Å². The van der Waals surface area contributed by atoms with Crippen LogP contribution in [0, 0.1) is 0 Å². The first-order valence-corrected chi connectivity index (χ1v) is 6.97. The zero-order chi connectivity index (χ0) is 13.9. The highest BCUT2D eigenvalue weighted by Crippen LogP contribution is 2.25. The molecule has 1 aromatic heterocycles. The topological polar surface area (TPSA) is 60.2 Å². The first kappa shape index (κ1) is 13.1. The van der Waals surface area contributed by atoms with Gasteiger partial charge in [0.15, 0.2) is 5.82 Å². The Balaban J connectivity index is 1.79. The van der Waals surface area contributed by atoms with E-state index < -0.39 is 0 Å². The maximum atomic E-state index is 9.40. The zero-order valence-electron chi connectivity index (χ0n) is 11.6. The lowest BCUT2D eigenvalue weighted by molar-refractivity contribution is 0.234. The average Bonchev–Trinajstić information content (AvgIpc) is 2.90. The number of hydrogen-bond donors (Lipinski definition) is 1. The van der Waals surface area contributed by atoms with Crippen LogP contribution in [0.15, 0.2) is 24.3 Å². The Hall–Kier alpha value is -1.88. The zero-order valence-corrected chi connectivity index (χ0v) is 11.6. The monoisotopic (exact) mass is 273 g/mol. The molecule has 1 aromatic carbocycles. The van der Waals surface area contributed by atoms with E-state index >= 15 is 0 Å². The summed E-state index contributed by atoms with van der Waals surface area (Å²) < 4.78 is 7.10. The van der Waals surface area contributed by atoms with Crippen molar-refractivity contribution in [2.24, 2.45) is 0 Å². The van der Waals surface area contributed by atoms with Crippen molar-refractivity contribution in [2.45, 2.75) is 31.7 Å². The van der Waals surface area contributed by atoms with E-state index in [0.29, 0.717) is 6.42 Å². The van der Waals surface area contributed by atoms with Crippen molar-refractivity contribution < 1.29 is 9.84 Å². The number of rotatable bonds is 4. The number of methoxy groups -OCH3 is 1. The molecule has 20 heavy (non-hydrogen) atoms. The molecule has 1 atom stereocenters. The molecule has 0 saturated carbocycles. The third kappa shape index (κ3) is 2.54. The predicted molar refractivity (Wildman–Crippen MR) is 74.9 cm³/mol. The van der Waals surface area contributed by atoms with E-state index in [9.17, 15) is 5.11 Å². The molecule has 106 valence electrons. The van der Waals surface area contributed by atoms with Gasteiger partial charge in [-0.2, -0.15) is 5.10 Å². The molecule has 2 aromatic rings. The van der Waals surface area contributed by atoms with Gasteiger partial charge < -0.3 is 9.84 Å². The summed E-state index contributed by atoms with van der Waals surface area (Å²) in [5, 5.41) is 13.9. The molecule has 0 bridgehead atoms. The van der Waals surface area contributed by atoms with Gasteiger partial charge in [0.25, 0.3) is 0 Å². The van der Waals surface area contributed by atoms with Crippen LogP contribution in [0.1, 0.15) is 36.0 Å². The molecule has 0 radical (unpaired) electrons. The maximum Gasteiger partial charge on any atom is 0.155 e. The number of aromatic nitrogens is 3. The van der Waals surface area contributed by atoms with Gasteiger partial charge in [0.1, 0.15) is 11.6 Å². The van der Waals surface area contributed by atoms with Gasteiger partial charge in [0.2, 0.25) is 0 Å². The van der Waals surface area contributed by atoms with Crippen LogP contribution in [0.4, 0.5) is 0 Å². The molecule has 0 spiro atoms. The Morgan fingerprint density at radius 3 is 2.85 bits per heavy atom. The number of hydrogen-bond acceptors (Lipinski definition) is 4. The van der Waals surface area contributed by atoms with E-state index in [1.54, 1.807) is 7.11 Å². The third-order valence-corrected chi connectivity index (χ3v) is 3.77. The Morgan fingerprint density at radius 1 is 1.35 bits per heavy atom. The summed E-state index contributed by atoms with van der Waals surface area (Å²) in [5.41, 5.74) is 1.16. The van der Waals surface area contributed by atoms with Crippen molar-refractivity contribution in [1.29, 1.82) is 0 Å². The molecule has 0 saturated heterocycles. The second-order valence-electron chi connectivity index (χ2n) is 5.16. The van der Waals surface area contributed by atoms with Crippen LogP contribution in [0.2, 0.25) is 0 Å². The molecule has 2 heterocycles. The van der Waals surface area contributed by atoms with Crippen LogP contribution < -0.4 is 4.74 Å². The van der Waals surface area contributed by atoms with Gasteiger partial charge in [-0.3, -0.25) is 0 Å². The molecule has 1 aliphatic heterocycles. The summed E-state index contributed by atoms with van der Waals surface area (Å²) >= 11 is 0. The molecular formula is C15H19N3O2. The smallest absolute Gasteiger partial charge is 0.155 e. The molecular weight excluding hydrogens is 254 g/mol. The minimum absolute atomic E-state index is 0.140. The molecule has 0 aliphatic carbocycles. The Morgan fingerprint density at radius 2 is 2.15 bits per heavy atom. The van der Waals surface area contributed by atoms with Crippen molar-refractivity contribution in [2.75, 3.05) is 13.7 Å². The lowest BCUT2D eigenvalue weighted by atomic mass is 10.0. The number of aliphatic hydroxyl groups excluding tert-OH is 1. The average molecular weight is 273 g/mol. The maximum absolute atomic E-state index is 9.40. The molecule has 1 aliphatic rings. The molecule has 1 unspecified atom stereocenters. The first-order chi connectivity index (χ1) is 9.80. The lowest BCUT2D eigenvalue weighted by Crippen LogP contribution is -2.19. The number of ether oxygens (including phenoxy) is 1. The number of aliphatic hydroxyl groups is 1. The van der Waals surface area contributed by atoms with Gasteiger partial charge in [0.05, 0.1) is 13.7 Å². The van der Waals surface area contributed by atoms with E-state index in [0.717, 1.165) is 42.3 Å². The van der Waals surface area contributed by atoms with Gasteiger partial charge >= 0.3 is 0 Å². The number of aryl methyl sites for hydroxylation is 1. The fraction of sp³-hybridized carbons (Fsp3) is 0.467. The summed E-state index contributed by atoms with van der Waals surface area (Å²) in [6, 6.07) is 7.95. The molecule has 3 rings (SSSR count). The summed E-state index contributed by atoms with van der Waals surface area (Å²) in [7, 11) is 1.66. The van der Waals surface area contributed by atoms with Crippen LogP contribution in [-0.2, 0) is 13.0 Å². The van der Waals surface area contributed by atoms with E-state index in [4.69, 9.17) is 4.74 Å². The quantitative estimate of drug-likeness (QED) is 0.922. The highest BCUT2D eigenvalue weighted by molar-refractivity contribution is 5.28. The minimum atomic E-state index is 0.140. The molecule has 0 fully saturated rings. The number of benzene rings is 1. The highest BCUT2D eigenvalue weighted by atomic mass is 16.5. The Kier molecular flexibility index (Phi) is 3.69. The minimum Gasteiger partial charge on any atom is -0.497 e. The Labute approximate surface area is 118 Å². The van der Waals surface area contributed by atoms with Crippen molar-refractivity contribution in [1.82, 2.24) is 14.8 Å². The lowest BCUT2D eigenvalue weighted by Gasteiger charge is -2.19. The second-order valence-corrected chi connectivity index (χ2v) is 5.16. The van der Waals surface area contributed by atoms with Crippen molar-refractivity contribution in [3.63, 3.8) is 0 Å². The van der Waals surface area contributed by atoms with E-state index in [1.807, 2.05) is 28.9 Å². The highest BCUT2D eigenvalue weighted by Gasteiger charge is 2.23. The summed E-state index contributed by atoms with van der Waals surface area (Å²) in [5.74, 6) is 2.75. The molecule has 5 nitrogen and oxygen atoms in total. The standard InChI is InChI=1S/C15H19N3O2/c1-20-13-6-4-11(5-7-13)9-14-16-15-12(10-19)3-2-8-18(15)17-14/h4-7,12,19H,2-3,8-10H2,1H3. The largest absolute Gasteiger partial charge is 0.497 e. The van der Waals surface area contributed by atoms with Crippen molar-refractivity contribution in [3.05, 3.63) is 41.5 Å². The SMILES string of the molecule is COc1ccc(Cc2nc3n(n2)CCCC3CO)cc1. The van der Waals surface area contributed by atoms with Gasteiger partial charge in [0, 0.05) is 18.9 Å². The Bertz CT molecular complexity index is 577. The fourth-order valence-corrected chi connectivity index (χ4v) is 2.66. The van der Waals surface area contributed by atoms with Gasteiger partial charge in [-0.1, -0.05) is 12.1 Å². The van der Waals surface area contributed by atoms with Crippen LogP contribution in [0.5, 0.6) is 5.75 Å². The third-order valence-electron chi connectivity index (χ3n) is 3.77. The normalized spacial score (nSPS) is 17.8. The molecule has 5 heteroatoms. The number of fused-ring (bicyclic) bond motifs is 1. The number of nitrogens with zero attached hydrogens (tertiary/aromatic N) is 3. The second kappa shape index (κ2) is 5.63. The van der Waals surface area contributed by atoms with E-state index in [-0.39, 0.29) is 12.5 Å². The van der Waals surface area contributed by atoms with Gasteiger partial charge in [-0.15, -0.1) is 0 Å².